The first-order chi connectivity index (χ1) is 12.4. The van der Waals surface area contributed by atoms with Gasteiger partial charge in [-0.3, -0.25) is 4.74 Å². The van der Waals surface area contributed by atoms with Gasteiger partial charge in [0.05, 0.1) is 5.60 Å². The average Bonchev–Trinajstić information content (AvgIpc) is 2.62. The van der Waals surface area contributed by atoms with Gasteiger partial charge in [0.25, 0.3) is 0 Å². The lowest BCUT2D eigenvalue weighted by Gasteiger charge is -2.47. The first-order valence-electron chi connectivity index (χ1n) is 10.2. The molecule has 4 heteroatoms. The minimum absolute atomic E-state index is 0.0500. The molecular weight excluding hydrogens is 337 g/mol. The number of ether oxygens (including phenoxy) is 1. The number of alkyl halides is 3. The summed E-state index contributed by atoms with van der Waals surface area (Å²) in [6, 6.07) is 10.2. The largest absolute Gasteiger partial charge is 0.523 e. The lowest BCUT2D eigenvalue weighted by molar-refractivity contribution is -0.381. The van der Waals surface area contributed by atoms with Crippen LogP contribution in [0.1, 0.15) is 82.6 Å². The van der Waals surface area contributed by atoms with Crippen molar-refractivity contribution in [2.75, 3.05) is 0 Å². The van der Waals surface area contributed by atoms with Crippen LogP contribution in [0.5, 0.6) is 0 Å². The van der Waals surface area contributed by atoms with Crippen LogP contribution in [0.3, 0.4) is 0 Å². The van der Waals surface area contributed by atoms with E-state index in [2.05, 4.69) is 19.1 Å². The predicted molar refractivity (Wildman–Crippen MR) is 97.9 cm³/mol. The first-order valence-corrected chi connectivity index (χ1v) is 10.2. The molecule has 0 saturated heterocycles. The molecule has 0 radical (unpaired) electrons. The van der Waals surface area contributed by atoms with Crippen molar-refractivity contribution in [1.82, 2.24) is 0 Å². The molecule has 0 unspecified atom stereocenters. The summed E-state index contributed by atoms with van der Waals surface area (Å²) in [4.78, 5) is 0. The second-order valence-corrected chi connectivity index (χ2v) is 8.30. The highest BCUT2D eigenvalue weighted by Gasteiger charge is 2.50. The molecular formula is C22H31F3O. The van der Waals surface area contributed by atoms with Gasteiger partial charge in [-0.05, 0) is 61.8 Å². The molecule has 0 spiro atoms. The highest BCUT2D eigenvalue weighted by Crippen LogP contribution is 2.51. The molecule has 26 heavy (non-hydrogen) atoms. The maximum atomic E-state index is 13.2. The molecule has 0 aliphatic heterocycles. The van der Waals surface area contributed by atoms with Crippen LogP contribution in [-0.2, 0) is 4.74 Å². The molecule has 0 aromatic heterocycles. The lowest BCUT2D eigenvalue weighted by Crippen LogP contribution is -2.48. The summed E-state index contributed by atoms with van der Waals surface area (Å²) in [5, 5.41) is 0. The first kappa shape index (κ1) is 19.7. The van der Waals surface area contributed by atoms with Crippen molar-refractivity contribution in [1.29, 1.82) is 0 Å². The minimum Gasteiger partial charge on any atom is -0.285 e. The van der Waals surface area contributed by atoms with Crippen molar-refractivity contribution in [3.8, 4) is 0 Å². The Labute approximate surface area is 155 Å². The molecule has 2 aliphatic rings. The average molecular weight is 368 g/mol. The van der Waals surface area contributed by atoms with Crippen LogP contribution < -0.4 is 0 Å². The van der Waals surface area contributed by atoms with Gasteiger partial charge in [0.15, 0.2) is 0 Å². The summed E-state index contributed by atoms with van der Waals surface area (Å²) in [7, 11) is 0. The van der Waals surface area contributed by atoms with Crippen molar-refractivity contribution < 1.29 is 17.9 Å². The van der Waals surface area contributed by atoms with Gasteiger partial charge >= 0.3 is 6.36 Å². The van der Waals surface area contributed by atoms with E-state index in [1.54, 1.807) is 0 Å². The molecule has 0 bridgehead atoms. The fourth-order valence-electron chi connectivity index (χ4n) is 5.37. The molecule has 0 heterocycles. The van der Waals surface area contributed by atoms with Crippen LogP contribution >= 0.6 is 0 Å². The van der Waals surface area contributed by atoms with Gasteiger partial charge in [0, 0.05) is 0 Å². The van der Waals surface area contributed by atoms with Crippen molar-refractivity contribution >= 4 is 0 Å². The zero-order valence-electron chi connectivity index (χ0n) is 15.7. The van der Waals surface area contributed by atoms with Crippen LogP contribution in [0.4, 0.5) is 13.2 Å². The molecule has 2 fully saturated rings. The second-order valence-electron chi connectivity index (χ2n) is 8.30. The van der Waals surface area contributed by atoms with Crippen molar-refractivity contribution in [3.63, 3.8) is 0 Å². The van der Waals surface area contributed by atoms with Crippen LogP contribution in [0, 0.1) is 11.8 Å². The minimum atomic E-state index is -4.54. The molecule has 2 aliphatic carbocycles. The number of hydrogen-bond donors (Lipinski definition) is 0. The van der Waals surface area contributed by atoms with E-state index < -0.39 is 12.0 Å². The smallest absolute Gasteiger partial charge is 0.285 e. The Morgan fingerprint density at radius 3 is 2.12 bits per heavy atom. The van der Waals surface area contributed by atoms with Gasteiger partial charge in [-0.15, -0.1) is 13.2 Å². The monoisotopic (exact) mass is 368 g/mol. The Kier molecular flexibility index (Phi) is 6.32. The Morgan fingerprint density at radius 1 is 0.962 bits per heavy atom. The second kappa shape index (κ2) is 8.33. The third-order valence-corrected chi connectivity index (χ3v) is 6.71. The molecule has 1 aromatic rings. The molecule has 0 N–H and O–H groups in total. The molecule has 2 saturated carbocycles. The van der Waals surface area contributed by atoms with E-state index in [-0.39, 0.29) is 5.92 Å². The Bertz CT molecular complexity index is 538. The van der Waals surface area contributed by atoms with Crippen LogP contribution in [0.2, 0.25) is 0 Å². The summed E-state index contributed by atoms with van der Waals surface area (Å²) in [5.74, 6) is 1.10. The normalized spacial score (nSPS) is 33.2. The van der Waals surface area contributed by atoms with Crippen molar-refractivity contribution in [2.45, 2.75) is 89.0 Å². The summed E-state index contributed by atoms with van der Waals surface area (Å²) in [6.07, 6.45) is 4.34. The van der Waals surface area contributed by atoms with E-state index in [9.17, 15) is 13.2 Å². The zero-order chi connectivity index (χ0) is 18.6. The van der Waals surface area contributed by atoms with Gasteiger partial charge in [0.2, 0.25) is 0 Å². The van der Waals surface area contributed by atoms with Crippen molar-refractivity contribution in [3.05, 3.63) is 35.9 Å². The molecule has 0 atom stereocenters. The maximum Gasteiger partial charge on any atom is 0.523 e. The fourth-order valence-corrected chi connectivity index (χ4v) is 5.37. The van der Waals surface area contributed by atoms with Gasteiger partial charge in [-0.2, -0.15) is 0 Å². The summed E-state index contributed by atoms with van der Waals surface area (Å²) >= 11 is 0. The van der Waals surface area contributed by atoms with E-state index in [1.807, 2.05) is 18.2 Å². The Hall–Kier alpha value is -1.03. The zero-order valence-corrected chi connectivity index (χ0v) is 15.7. The molecule has 146 valence electrons. The van der Waals surface area contributed by atoms with Crippen molar-refractivity contribution in [2.24, 2.45) is 11.8 Å². The van der Waals surface area contributed by atoms with Gasteiger partial charge in [-0.1, -0.05) is 62.9 Å². The van der Waals surface area contributed by atoms with Gasteiger partial charge < -0.3 is 0 Å². The molecule has 1 nitrogen and oxygen atoms in total. The van der Waals surface area contributed by atoms with Crippen LogP contribution in [-0.4, -0.2) is 12.0 Å². The fraction of sp³-hybridized carbons (Fsp3) is 0.727. The predicted octanol–water partition coefficient (Wildman–Crippen LogP) is 7.23. The topological polar surface area (TPSA) is 9.23 Å². The molecule has 1 aromatic carbocycles. The maximum absolute atomic E-state index is 13.2. The highest BCUT2D eigenvalue weighted by atomic mass is 19.4. The quantitative estimate of drug-likeness (QED) is 0.533. The Morgan fingerprint density at radius 2 is 1.58 bits per heavy atom. The lowest BCUT2D eigenvalue weighted by atomic mass is 9.65. The van der Waals surface area contributed by atoms with Gasteiger partial charge in [-0.25, -0.2) is 0 Å². The van der Waals surface area contributed by atoms with E-state index in [0.717, 1.165) is 44.9 Å². The Balaban J connectivity index is 1.69. The summed E-state index contributed by atoms with van der Waals surface area (Å²) in [6.45, 7) is 2.19. The van der Waals surface area contributed by atoms with E-state index >= 15 is 0 Å². The number of hydrogen-bond acceptors (Lipinski definition) is 1. The summed E-state index contributed by atoms with van der Waals surface area (Å²) in [5.41, 5.74) is 0.250. The number of halogens is 3. The molecule has 0 amide bonds. The van der Waals surface area contributed by atoms with Crippen LogP contribution in [0.15, 0.2) is 30.3 Å². The standard InChI is InChI=1S/C22H31F3O/c1-2-6-17-9-11-20(12-10-17)21(26-22(23,24)25)15-13-19(14-16-21)18-7-4-3-5-8-18/h3-5,7-8,17,19-20H,2,6,9-16H2,1H3. The number of benzene rings is 1. The SMILES string of the molecule is CCCC1CCC(C2(OC(F)(F)F)CCC(c3ccccc3)CC2)CC1. The van der Waals surface area contributed by atoms with E-state index in [4.69, 9.17) is 4.74 Å². The van der Waals surface area contributed by atoms with Gasteiger partial charge in [0.1, 0.15) is 0 Å². The van der Waals surface area contributed by atoms with E-state index in [0.29, 0.717) is 24.7 Å². The highest BCUT2D eigenvalue weighted by molar-refractivity contribution is 5.20. The third kappa shape index (κ3) is 4.82. The van der Waals surface area contributed by atoms with E-state index in [1.165, 1.54) is 12.0 Å². The molecule has 3 rings (SSSR count). The third-order valence-electron chi connectivity index (χ3n) is 6.71. The number of rotatable bonds is 5. The summed E-state index contributed by atoms with van der Waals surface area (Å²) < 4.78 is 44.6. The van der Waals surface area contributed by atoms with Crippen LogP contribution in [0.25, 0.3) is 0 Å².